The van der Waals surface area contributed by atoms with Gasteiger partial charge in [0, 0.05) is 19.5 Å². The highest BCUT2D eigenvalue weighted by atomic mass is 19.3. The van der Waals surface area contributed by atoms with E-state index in [1.165, 1.54) is 11.1 Å². The molecule has 6 nitrogen and oxygen atoms in total. The molecule has 31 heavy (non-hydrogen) atoms. The van der Waals surface area contributed by atoms with Crippen molar-refractivity contribution in [1.29, 1.82) is 5.26 Å². The van der Waals surface area contributed by atoms with Gasteiger partial charge in [-0.1, -0.05) is 24.3 Å². The van der Waals surface area contributed by atoms with E-state index in [1.807, 2.05) is 18.2 Å². The fourth-order valence-corrected chi connectivity index (χ4v) is 4.94. The van der Waals surface area contributed by atoms with Crippen molar-refractivity contribution in [2.24, 2.45) is 0 Å². The first-order valence-corrected chi connectivity index (χ1v) is 10.9. The summed E-state index contributed by atoms with van der Waals surface area (Å²) in [5.74, 6) is -3.86. The summed E-state index contributed by atoms with van der Waals surface area (Å²) in [4.78, 5) is 27.0. The van der Waals surface area contributed by atoms with Crippen LogP contribution in [-0.4, -0.2) is 47.4 Å². The average molecular weight is 430 g/mol. The Hall–Kier alpha value is -2.69. The molecule has 1 unspecified atom stereocenters. The predicted octanol–water partition coefficient (Wildman–Crippen LogP) is 3.26. The van der Waals surface area contributed by atoms with Gasteiger partial charge in [0.15, 0.2) is 0 Å². The lowest BCUT2D eigenvalue weighted by Gasteiger charge is -2.40. The molecule has 1 spiro atoms. The van der Waals surface area contributed by atoms with Crippen LogP contribution >= 0.6 is 0 Å². The Labute approximate surface area is 181 Å². The van der Waals surface area contributed by atoms with E-state index in [4.69, 9.17) is 5.26 Å². The molecule has 0 radical (unpaired) electrons. The molecule has 1 aliphatic heterocycles. The Morgan fingerprint density at radius 1 is 1.19 bits per heavy atom. The first-order valence-electron chi connectivity index (χ1n) is 10.9. The number of likely N-dealkylation sites (tertiary alicyclic amines) is 1. The summed E-state index contributed by atoms with van der Waals surface area (Å²) in [6.45, 7) is 1.75. The fraction of sp³-hybridized carbons (Fsp3) is 0.609. The van der Waals surface area contributed by atoms with E-state index in [0.717, 1.165) is 32.6 Å². The van der Waals surface area contributed by atoms with Gasteiger partial charge in [-0.2, -0.15) is 5.26 Å². The van der Waals surface area contributed by atoms with E-state index in [0.29, 0.717) is 25.9 Å². The number of nitriles is 1. The third kappa shape index (κ3) is 4.51. The number of alkyl halides is 2. The van der Waals surface area contributed by atoms with Crippen molar-refractivity contribution in [1.82, 2.24) is 15.5 Å². The van der Waals surface area contributed by atoms with Crippen LogP contribution in [0.15, 0.2) is 24.3 Å². The predicted molar refractivity (Wildman–Crippen MR) is 111 cm³/mol. The zero-order valence-corrected chi connectivity index (χ0v) is 17.7. The van der Waals surface area contributed by atoms with Gasteiger partial charge in [0.2, 0.25) is 11.8 Å². The van der Waals surface area contributed by atoms with Gasteiger partial charge in [-0.05, 0) is 62.0 Å². The molecule has 3 amide bonds. The van der Waals surface area contributed by atoms with Crippen molar-refractivity contribution in [3.8, 4) is 6.07 Å². The summed E-state index contributed by atoms with van der Waals surface area (Å²) in [5, 5.41) is 14.2. The summed E-state index contributed by atoms with van der Waals surface area (Å²) >= 11 is 0. The number of hydrogen-bond acceptors (Lipinski definition) is 3. The monoisotopic (exact) mass is 430 g/mol. The lowest BCUT2D eigenvalue weighted by atomic mass is 9.74. The Morgan fingerprint density at radius 3 is 2.48 bits per heavy atom. The van der Waals surface area contributed by atoms with Crippen LogP contribution in [-0.2, 0) is 16.6 Å². The Bertz CT molecular complexity index is 909. The maximum absolute atomic E-state index is 13.7. The molecular formula is C23H28F2N4O2. The van der Waals surface area contributed by atoms with Gasteiger partial charge in [0.25, 0.3) is 0 Å². The van der Waals surface area contributed by atoms with Gasteiger partial charge in [-0.3, -0.25) is 4.79 Å². The molecule has 2 N–H and O–H groups in total. The molecule has 0 bridgehead atoms. The molecule has 2 aliphatic carbocycles. The third-order valence-corrected chi connectivity index (χ3v) is 6.97. The summed E-state index contributed by atoms with van der Waals surface area (Å²) in [5.41, 5.74) is 1.83. The highest BCUT2D eigenvalue weighted by Crippen LogP contribution is 2.46. The second kappa shape index (κ2) is 7.77. The third-order valence-electron chi connectivity index (χ3n) is 6.97. The highest BCUT2D eigenvalue weighted by Gasteiger charge is 2.47. The largest absolute Gasteiger partial charge is 0.336 e. The topological polar surface area (TPSA) is 85.2 Å². The quantitative estimate of drug-likeness (QED) is 0.752. The number of nitrogens with one attached hydrogen (secondary N) is 2. The van der Waals surface area contributed by atoms with Crippen LogP contribution in [0, 0.1) is 11.3 Å². The molecule has 1 saturated heterocycles. The van der Waals surface area contributed by atoms with Crippen molar-refractivity contribution >= 4 is 11.9 Å². The number of rotatable bonds is 5. The summed E-state index contributed by atoms with van der Waals surface area (Å²) in [6, 6.07) is 8.54. The molecule has 2 fully saturated rings. The minimum atomic E-state index is -3.13. The van der Waals surface area contributed by atoms with E-state index in [9.17, 15) is 18.4 Å². The Kier molecular flexibility index (Phi) is 5.40. The van der Waals surface area contributed by atoms with E-state index < -0.39 is 35.9 Å². The maximum Gasteiger partial charge on any atom is 0.318 e. The second-order valence-corrected chi connectivity index (χ2v) is 9.38. The Balaban J connectivity index is 1.39. The van der Waals surface area contributed by atoms with Crippen molar-refractivity contribution in [2.45, 2.75) is 74.8 Å². The van der Waals surface area contributed by atoms with Gasteiger partial charge in [0.1, 0.15) is 11.6 Å². The van der Waals surface area contributed by atoms with Crippen LogP contribution in [0.5, 0.6) is 0 Å². The van der Waals surface area contributed by atoms with Crippen LogP contribution in [0.1, 0.15) is 56.6 Å². The van der Waals surface area contributed by atoms with Crippen molar-refractivity contribution in [2.75, 3.05) is 13.1 Å². The first-order chi connectivity index (χ1) is 14.7. The molecule has 1 aromatic carbocycles. The van der Waals surface area contributed by atoms with Crippen LogP contribution in [0.2, 0.25) is 0 Å². The van der Waals surface area contributed by atoms with E-state index in [2.05, 4.69) is 22.8 Å². The van der Waals surface area contributed by atoms with Crippen LogP contribution in [0.4, 0.5) is 13.6 Å². The van der Waals surface area contributed by atoms with Crippen molar-refractivity contribution < 1.29 is 18.4 Å². The lowest BCUT2D eigenvalue weighted by Crippen LogP contribution is -2.56. The minimum absolute atomic E-state index is 0.0751. The highest BCUT2D eigenvalue weighted by molar-refractivity contribution is 5.88. The summed E-state index contributed by atoms with van der Waals surface area (Å²) < 4.78 is 27.4. The molecule has 3 aliphatic rings. The molecule has 0 aromatic heterocycles. The maximum atomic E-state index is 13.7. The number of halogens is 2. The summed E-state index contributed by atoms with van der Waals surface area (Å²) in [6.07, 6.45) is 3.91. The molecule has 1 aromatic rings. The standard InChI is InChI=1S/C23H28F2N4O2/c1-21(24,25)14-18(19(30)28-23(15-26)8-9-23)27-20(31)29-12-10-22(11-13-29)7-6-16-4-2-3-5-17(16)22/h2-5,18H,6-14H2,1H3,(H,27,31)(H,28,30). The number of hydrogen-bond donors (Lipinski definition) is 2. The second-order valence-electron chi connectivity index (χ2n) is 9.38. The fourth-order valence-electron chi connectivity index (χ4n) is 4.94. The van der Waals surface area contributed by atoms with Gasteiger partial charge >= 0.3 is 6.03 Å². The lowest BCUT2D eigenvalue weighted by molar-refractivity contribution is -0.126. The molecule has 4 rings (SSSR count). The normalized spacial score (nSPS) is 21.7. The van der Waals surface area contributed by atoms with Crippen LogP contribution in [0.3, 0.4) is 0 Å². The average Bonchev–Trinajstić information content (AvgIpc) is 3.42. The van der Waals surface area contributed by atoms with Gasteiger partial charge in [0.05, 0.1) is 6.07 Å². The van der Waals surface area contributed by atoms with Crippen molar-refractivity contribution in [3.63, 3.8) is 0 Å². The molecule has 1 saturated carbocycles. The number of urea groups is 1. The van der Waals surface area contributed by atoms with Gasteiger partial charge < -0.3 is 15.5 Å². The molecule has 8 heteroatoms. The number of benzene rings is 1. The van der Waals surface area contributed by atoms with Crippen LogP contribution in [0.25, 0.3) is 0 Å². The summed E-state index contributed by atoms with van der Waals surface area (Å²) in [7, 11) is 0. The molecule has 1 atom stereocenters. The SMILES string of the molecule is CC(F)(F)CC(NC(=O)N1CCC2(CCc3ccccc32)CC1)C(=O)NC1(C#N)CC1. The van der Waals surface area contributed by atoms with E-state index in [-0.39, 0.29) is 5.41 Å². The zero-order valence-electron chi connectivity index (χ0n) is 17.7. The number of aryl methyl sites for hydroxylation is 1. The van der Waals surface area contributed by atoms with Gasteiger partial charge in [-0.25, -0.2) is 13.6 Å². The number of carbonyl (C=O) groups is 2. The number of amides is 3. The Morgan fingerprint density at radius 2 is 1.87 bits per heavy atom. The first kappa shape index (κ1) is 21.5. The molecular weight excluding hydrogens is 402 g/mol. The number of carbonyl (C=O) groups excluding carboxylic acids is 2. The molecule has 1 heterocycles. The molecule has 166 valence electrons. The van der Waals surface area contributed by atoms with Gasteiger partial charge in [-0.15, -0.1) is 0 Å². The van der Waals surface area contributed by atoms with Crippen LogP contribution < -0.4 is 10.6 Å². The minimum Gasteiger partial charge on any atom is -0.336 e. The zero-order chi connectivity index (χ0) is 22.3. The number of fused-ring (bicyclic) bond motifs is 2. The number of piperidine rings is 1. The number of nitrogens with zero attached hydrogens (tertiary/aromatic N) is 2. The van der Waals surface area contributed by atoms with Crippen molar-refractivity contribution in [3.05, 3.63) is 35.4 Å². The van der Waals surface area contributed by atoms with E-state index >= 15 is 0 Å². The smallest absolute Gasteiger partial charge is 0.318 e. The van der Waals surface area contributed by atoms with E-state index in [1.54, 1.807) is 4.90 Å².